The fraction of sp³-hybridized carbons (Fsp3) is 0.909. The van der Waals surface area contributed by atoms with Crippen molar-refractivity contribution in [2.45, 2.75) is 43.5 Å². The Bertz CT molecular complexity index is 312. The predicted octanol–water partition coefficient (Wildman–Crippen LogP) is 0.886. The molecule has 84 valence electrons. The minimum absolute atomic E-state index is 0.275. The van der Waals surface area contributed by atoms with E-state index < -0.39 is 5.60 Å². The number of carbonyl (C=O) groups is 1. The van der Waals surface area contributed by atoms with Crippen LogP contribution in [0.3, 0.4) is 0 Å². The molecule has 0 aromatic carbocycles. The first-order valence-corrected chi connectivity index (χ1v) is 5.51. The summed E-state index contributed by atoms with van der Waals surface area (Å²) in [6, 6.07) is 0. The zero-order valence-corrected chi connectivity index (χ0v) is 9.12. The Morgan fingerprint density at radius 2 is 2.20 bits per heavy atom. The summed E-state index contributed by atoms with van der Waals surface area (Å²) in [6.07, 6.45) is 3.67. The van der Waals surface area contributed by atoms with E-state index >= 15 is 0 Å². The van der Waals surface area contributed by atoms with E-state index in [2.05, 4.69) is 0 Å². The lowest BCUT2D eigenvalue weighted by Gasteiger charge is -2.07. The highest BCUT2D eigenvalue weighted by Gasteiger charge is 2.75. The lowest BCUT2D eigenvalue weighted by atomic mass is 9.91. The van der Waals surface area contributed by atoms with Crippen LogP contribution in [0.5, 0.6) is 0 Å². The third-order valence-corrected chi connectivity index (χ3v) is 4.01. The monoisotopic (exact) mass is 212 g/mol. The van der Waals surface area contributed by atoms with Gasteiger partial charge in [0.1, 0.15) is 5.60 Å². The summed E-state index contributed by atoms with van der Waals surface area (Å²) in [5.74, 6) is 0.429. The van der Waals surface area contributed by atoms with Crippen LogP contribution in [-0.4, -0.2) is 37.0 Å². The molecule has 2 saturated heterocycles. The van der Waals surface area contributed by atoms with Gasteiger partial charge in [0.2, 0.25) is 0 Å². The van der Waals surface area contributed by atoms with Gasteiger partial charge < -0.3 is 14.2 Å². The molecule has 3 aliphatic rings. The van der Waals surface area contributed by atoms with Crippen molar-refractivity contribution in [3.63, 3.8) is 0 Å². The highest BCUT2D eigenvalue weighted by atomic mass is 16.7. The number of methoxy groups -OCH3 is 1. The van der Waals surface area contributed by atoms with Crippen LogP contribution in [0.25, 0.3) is 0 Å². The largest absolute Gasteiger partial charge is 0.467 e. The summed E-state index contributed by atoms with van der Waals surface area (Å²) in [4.78, 5) is 11.5. The molecule has 2 heterocycles. The average Bonchev–Trinajstić information content (AvgIpc) is 3.10. The number of hydrogen-bond donors (Lipinski definition) is 0. The van der Waals surface area contributed by atoms with E-state index in [-0.39, 0.29) is 11.6 Å². The highest BCUT2D eigenvalue weighted by Crippen LogP contribution is 2.57. The fourth-order valence-corrected chi connectivity index (χ4v) is 2.65. The van der Waals surface area contributed by atoms with Crippen LogP contribution in [0.15, 0.2) is 0 Å². The van der Waals surface area contributed by atoms with Crippen LogP contribution < -0.4 is 0 Å². The Labute approximate surface area is 88.9 Å². The molecule has 1 saturated carbocycles. The van der Waals surface area contributed by atoms with E-state index in [0.29, 0.717) is 18.6 Å². The topological polar surface area (TPSA) is 48.1 Å². The van der Waals surface area contributed by atoms with Crippen molar-refractivity contribution < 1.29 is 19.0 Å². The normalized spacial score (nSPS) is 48.3. The predicted molar refractivity (Wildman–Crippen MR) is 51.3 cm³/mol. The lowest BCUT2D eigenvalue weighted by molar-refractivity contribution is -0.146. The van der Waals surface area contributed by atoms with E-state index in [1.165, 1.54) is 20.0 Å². The molecule has 1 aliphatic carbocycles. The molecule has 1 spiro atoms. The number of epoxide rings is 1. The zero-order valence-electron chi connectivity index (χ0n) is 9.12. The summed E-state index contributed by atoms with van der Waals surface area (Å²) in [6.45, 7) is 2.34. The van der Waals surface area contributed by atoms with Gasteiger partial charge in [0.15, 0.2) is 5.60 Å². The first-order chi connectivity index (χ1) is 7.11. The van der Waals surface area contributed by atoms with E-state index in [1.54, 1.807) is 6.92 Å². The van der Waals surface area contributed by atoms with E-state index in [9.17, 15) is 4.79 Å². The maximum Gasteiger partial charge on any atom is 0.341 e. The summed E-state index contributed by atoms with van der Waals surface area (Å²) >= 11 is 0. The molecule has 3 fully saturated rings. The molecular formula is C11H16O4. The Balaban J connectivity index is 1.71. The van der Waals surface area contributed by atoms with Crippen molar-refractivity contribution in [1.82, 2.24) is 0 Å². The third-order valence-electron chi connectivity index (χ3n) is 4.01. The molecular weight excluding hydrogens is 196 g/mol. The third kappa shape index (κ3) is 1.18. The Morgan fingerprint density at radius 1 is 1.47 bits per heavy atom. The second kappa shape index (κ2) is 2.74. The average molecular weight is 212 g/mol. The number of carbonyl (C=O) groups excluding carboxylic acids is 1. The summed E-state index contributed by atoms with van der Waals surface area (Å²) < 4.78 is 16.1. The van der Waals surface area contributed by atoms with Gasteiger partial charge in [0.25, 0.3) is 0 Å². The summed E-state index contributed by atoms with van der Waals surface area (Å²) in [7, 11) is 1.40. The van der Waals surface area contributed by atoms with Crippen molar-refractivity contribution in [1.29, 1.82) is 0 Å². The van der Waals surface area contributed by atoms with Crippen molar-refractivity contribution in [2.24, 2.45) is 5.92 Å². The minimum atomic E-state index is -0.759. The highest BCUT2D eigenvalue weighted by molar-refractivity contribution is 5.84. The summed E-state index contributed by atoms with van der Waals surface area (Å²) in [5.41, 5.74) is -1.14. The molecule has 0 bridgehead atoms. The molecule has 0 radical (unpaired) electrons. The Morgan fingerprint density at radius 3 is 2.80 bits per heavy atom. The van der Waals surface area contributed by atoms with Gasteiger partial charge in [-0.2, -0.15) is 0 Å². The molecule has 3 rings (SSSR count). The SMILES string of the molecule is COC(=O)C1(C)OC12COC(C1CC1)C2. The van der Waals surface area contributed by atoms with Gasteiger partial charge in [-0.25, -0.2) is 4.79 Å². The Hall–Kier alpha value is -0.610. The number of hydrogen-bond acceptors (Lipinski definition) is 4. The van der Waals surface area contributed by atoms with Crippen LogP contribution >= 0.6 is 0 Å². The molecule has 0 N–H and O–H groups in total. The van der Waals surface area contributed by atoms with Crippen molar-refractivity contribution in [3.05, 3.63) is 0 Å². The maximum absolute atomic E-state index is 11.5. The van der Waals surface area contributed by atoms with Gasteiger partial charge >= 0.3 is 5.97 Å². The van der Waals surface area contributed by atoms with Crippen molar-refractivity contribution >= 4 is 5.97 Å². The number of ether oxygens (including phenoxy) is 3. The van der Waals surface area contributed by atoms with Crippen LogP contribution in [0.4, 0.5) is 0 Å². The second-order valence-electron chi connectivity index (χ2n) is 5.01. The summed E-state index contributed by atoms with van der Waals surface area (Å²) in [5, 5.41) is 0. The van der Waals surface area contributed by atoms with Gasteiger partial charge in [0.05, 0.1) is 19.8 Å². The first-order valence-electron chi connectivity index (χ1n) is 5.51. The number of rotatable bonds is 2. The van der Waals surface area contributed by atoms with Crippen LogP contribution in [0, 0.1) is 5.92 Å². The maximum atomic E-state index is 11.5. The van der Waals surface area contributed by atoms with Crippen LogP contribution in [0.2, 0.25) is 0 Å². The second-order valence-corrected chi connectivity index (χ2v) is 5.01. The minimum Gasteiger partial charge on any atom is -0.467 e. The molecule has 15 heavy (non-hydrogen) atoms. The first kappa shape index (κ1) is 9.60. The van der Waals surface area contributed by atoms with Gasteiger partial charge in [0, 0.05) is 6.42 Å². The van der Waals surface area contributed by atoms with Gasteiger partial charge in [-0.05, 0) is 25.7 Å². The van der Waals surface area contributed by atoms with E-state index in [1.807, 2.05) is 0 Å². The van der Waals surface area contributed by atoms with Gasteiger partial charge in [-0.15, -0.1) is 0 Å². The zero-order chi connectivity index (χ0) is 10.7. The van der Waals surface area contributed by atoms with E-state index in [4.69, 9.17) is 14.2 Å². The van der Waals surface area contributed by atoms with Crippen molar-refractivity contribution in [2.75, 3.05) is 13.7 Å². The van der Waals surface area contributed by atoms with Gasteiger partial charge in [-0.1, -0.05) is 0 Å². The smallest absolute Gasteiger partial charge is 0.341 e. The quantitative estimate of drug-likeness (QED) is 0.503. The molecule has 0 aromatic heterocycles. The molecule has 4 heteroatoms. The molecule has 4 nitrogen and oxygen atoms in total. The molecule has 0 aromatic rings. The van der Waals surface area contributed by atoms with Crippen LogP contribution in [0.1, 0.15) is 26.2 Å². The van der Waals surface area contributed by atoms with Crippen molar-refractivity contribution in [3.8, 4) is 0 Å². The van der Waals surface area contributed by atoms with E-state index in [0.717, 1.165) is 6.42 Å². The number of esters is 1. The Kier molecular flexibility index (Phi) is 1.75. The lowest BCUT2D eigenvalue weighted by Crippen LogP contribution is -2.33. The molecule has 0 amide bonds. The fourth-order valence-electron chi connectivity index (χ4n) is 2.65. The molecule has 3 atom stereocenters. The molecule has 3 unspecified atom stereocenters. The standard InChI is InChI=1S/C11H16O4/c1-10(9(12)13-2)11(15-10)5-8(14-6-11)7-3-4-7/h7-8H,3-6H2,1-2H3. The van der Waals surface area contributed by atoms with Gasteiger partial charge in [-0.3, -0.25) is 0 Å². The van der Waals surface area contributed by atoms with Crippen LogP contribution in [-0.2, 0) is 19.0 Å². The molecule has 2 aliphatic heterocycles.